The molecule has 1 aliphatic rings. The standard InChI is InChI=1S/C9H10O2.C4H10O3/c1-2-4-8(5-3-1)10-6-9-7-11-9;5-1-3-7-4-2-6/h1-5,9H,6-7H2;5-6H,1-4H2. The first-order valence-electron chi connectivity index (χ1n) is 5.95. The van der Waals surface area contributed by atoms with Gasteiger partial charge in [-0.2, -0.15) is 0 Å². The summed E-state index contributed by atoms with van der Waals surface area (Å²) in [5.41, 5.74) is 0. The van der Waals surface area contributed by atoms with Crippen molar-refractivity contribution in [1.29, 1.82) is 0 Å². The Hall–Kier alpha value is -1.14. The normalized spacial score (nSPS) is 16.7. The Balaban J connectivity index is 0.000000203. The summed E-state index contributed by atoms with van der Waals surface area (Å²) in [6.07, 6.45) is 0.343. The molecule has 1 fully saturated rings. The highest BCUT2D eigenvalue weighted by Gasteiger charge is 2.22. The van der Waals surface area contributed by atoms with Crippen molar-refractivity contribution in [1.82, 2.24) is 0 Å². The molecule has 0 saturated carbocycles. The monoisotopic (exact) mass is 256 g/mol. The second kappa shape index (κ2) is 9.85. The molecule has 18 heavy (non-hydrogen) atoms. The number of para-hydroxylation sites is 1. The maximum atomic E-state index is 8.09. The number of hydrogen-bond acceptors (Lipinski definition) is 5. The van der Waals surface area contributed by atoms with E-state index in [0.717, 1.165) is 12.4 Å². The van der Waals surface area contributed by atoms with Crippen molar-refractivity contribution in [2.75, 3.05) is 39.6 Å². The van der Waals surface area contributed by atoms with Crippen LogP contribution in [0, 0.1) is 0 Å². The van der Waals surface area contributed by atoms with Crippen LogP contribution in [0.5, 0.6) is 5.75 Å². The molecular weight excluding hydrogens is 236 g/mol. The number of aliphatic hydroxyl groups excluding tert-OH is 2. The summed E-state index contributed by atoms with van der Waals surface area (Å²) in [7, 11) is 0. The minimum Gasteiger partial charge on any atom is -0.491 e. The topological polar surface area (TPSA) is 71.5 Å². The molecular formula is C13H20O5. The summed E-state index contributed by atoms with van der Waals surface area (Å²) in [5.74, 6) is 0.919. The molecule has 0 spiro atoms. The molecule has 1 aromatic carbocycles. The van der Waals surface area contributed by atoms with Gasteiger partial charge in [0.25, 0.3) is 0 Å². The van der Waals surface area contributed by atoms with Crippen LogP contribution in [0.3, 0.4) is 0 Å². The van der Waals surface area contributed by atoms with E-state index in [1.165, 1.54) is 0 Å². The van der Waals surface area contributed by atoms with Crippen LogP contribution < -0.4 is 4.74 Å². The number of aliphatic hydroxyl groups is 2. The molecule has 1 aliphatic heterocycles. The molecule has 0 radical (unpaired) electrons. The molecule has 2 N–H and O–H groups in total. The van der Waals surface area contributed by atoms with Crippen LogP contribution in [-0.2, 0) is 9.47 Å². The zero-order chi connectivity index (χ0) is 13.1. The lowest BCUT2D eigenvalue weighted by atomic mass is 10.3. The largest absolute Gasteiger partial charge is 0.491 e. The van der Waals surface area contributed by atoms with Crippen LogP contribution in [0.2, 0.25) is 0 Å². The van der Waals surface area contributed by atoms with Gasteiger partial charge >= 0.3 is 0 Å². The molecule has 0 aromatic heterocycles. The van der Waals surface area contributed by atoms with E-state index in [-0.39, 0.29) is 13.2 Å². The van der Waals surface area contributed by atoms with Crippen LogP contribution >= 0.6 is 0 Å². The number of hydrogen-bond donors (Lipinski definition) is 2. The van der Waals surface area contributed by atoms with Crippen molar-refractivity contribution in [2.24, 2.45) is 0 Å². The fourth-order valence-corrected chi connectivity index (χ4v) is 1.10. The fourth-order valence-electron chi connectivity index (χ4n) is 1.10. The van der Waals surface area contributed by atoms with Crippen LogP contribution in [0.1, 0.15) is 0 Å². The SMILES string of the molecule is OCCOCCO.c1ccc(OCC2CO2)cc1. The van der Waals surface area contributed by atoms with Gasteiger partial charge in [0.15, 0.2) is 0 Å². The molecule has 102 valence electrons. The Morgan fingerprint density at radius 2 is 1.72 bits per heavy atom. The van der Waals surface area contributed by atoms with Gasteiger partial charge in [0.1, 0.15) is 18.5 Å². The van der Waals surface area contributed by atoms with E-state index >= 15 is 0 Å². The quantitative estimate of drug-likeness (QED) is 0.547. The van der Waals surface area contributed by atoms with Crippen molar-refractivity contribution >= 4 is 0 Å². The zero-order valence-electron chi connectivity index (χ0n) is 10.3. The van der Waals surface area contributed by atoms with Crippen LogP contribution in [0.25, 0.3) is 0 Å². The molecule has 1 atom stereocenters. The third-order valence-corrected chi connectivity index (χ3v) is 2.05. The van der Waals surface area contributed by atoms with Gasteiger partial charge < -0.3 is 24.4 Å². The lowest BCUT2D eigenvalue weighted by Crippen LogP contribution is -2.03. The van der Waals surface area contributed by atoms with Gasteiger partial charge in [0, 0.05) is 0 Å². The molecule has 0 aliphatic carbocycles. The second-order valence-corrected chi connectivity index (χ2v) is 3.64. The van der Waals surface area contributed by atoms with Crippen LogP contribution in [-0.4, -0.2) is 56.0 Å². The van der Waals surface area contributed by atoms with Gasteiger partial charge in [-0.05, 0) is 12.1 Å². The van der Waals surface area contributed by atoms with Gasteiger partial charge in [-0.1, -0.05) is 18.2 Å². The first-order chi connectivity index (χ1) is 8.86. The summed E-state index contributed by atoms with van der Waals surface area (Å²) in [6, 6.07) is 9.79. The van der Waals surface area contributed by atoms with Crippen molar-refractivity contribution in [3.63, 3.8) is 0 Å². The van der Waals surface area contributed by atoms with E-state index in [0.29, 0.717) is 25.9 Å². The number of rotatable bonds is 7. The van der Waals surface area contributed by atoms with Gasteiger partial charge in [0.05, 0.1) is 33.0 Å². The molecule has 0 bridgehead atoms. The Bertz CT molecular complexity index is 283. The van der Waals surface area contributed by atoms with Gasteiger partial charge in [-0.25, -0.2) is 0 Å². The lowest BCUT2D eigenvalue weighted by Gasteiger charge is -2.01. The molecule has 0 amide bonds. The molecule has 1 unspecified atom stereocenters. The van der Waals surface area contributed by atoms with Crippen LogP contribution in [0.4, 0.5) is 0 Å². The average molecular weight is 256 g/mol. The highest BCUT2D eigenvalue weighted by atomic mass is 16.6. The van der Waals surface area contributed by atoms with Crippen molar-refractivity contribution in [2.45, 2.75) is 6.10 Å². The van der Waals surface area contributed by atoms with Gasteiger partial charge in [-0.3, -0.25) is 0 Å². The highest BCUT2D eigenvalue weighted by molar-refractivity contribution is 5.20. The predicted molar refractivity (Wildman–Crippen MR) is 66.7 cm³/mol. The fraction of sp³-hybridized carbons (Fsp3) is 0.538. The number of epoxide rings is 1. The molecule has 1 heterocycles. The zero-order valence-corrected chi connectivity index (χ0v) is 10.3. The molecule has 5 heteroatoms. The number of benzene rings is 1. The molecule has 2 rings (SSSR count). The van der Waals surface area contributed by atoms with E-state index < -0.39 is 0 Å². The first kappa shape index (κ1) is 14.9. The van der Waals surface area contributed by atoms with Crippen molar-refractivity contribution < 1.29 is 24.4 Å². The summed E-state index contributed by atoms with van der Waals surface area (Å²) >= 11 is 0. The third kappa shape index (κ3) is 8.03. The summed E-state index contributed by atoms with van der Waals surface area (Å²) in [4.78, 5) is 0. The number of ether oxygens (including phenoxy) is 3. The minimum atomic E-state index is 0.0278. The molecule has 5 nitrogen and oxygen atoms in total. The first-order valence-corrected chi connectivity index (χ1v) is 5.95. The van der Waals surface area contributed by atoms with Crippen molar-refractivity contribution in [3.8, 4) is 5.75 Å². The smallest absolute Gasteiger partial charge is 0.119 e. The lowest BCUT2D eigenvalue weighted by molar-refractivity contribution is 0.0650. The van der Waals surface area contributed by atoms with E-state index in [2.05, 4.69) is 4.74 Å². The summed E-state index contributed by atoms with van der Waals surface area (Å²) < 4.78 is 15.0. The van der Waals surface area contributed by atoms with E-state index in [4.69, 9.17) is 19.7 Å². The summed E-state index contributed by atoms with van der Waals surface area (Å²) in [6.45, 7) is 2.23. The maximum Gasteiger partial charge on any atom is 0.119 e. The molecule has 1 saturated heterocycles. The third-order valence-electron chi connectivity index (χ3n) is 2.05. The van der Waals surface area contributed by atoms with Crippen molar-refractivity contribution in [3.05, 3.63) is 30.3 Å². The van der Waals surface area contributed by atoms with E-state index in [1.54, 1.807) is 0 Å². The molecule has 1 aromatic rings. The highest BCUT2D eigenvalue weighted by Crippen LogP contribution is 2.13. The Kier molecular flexibility index (Phi) is 8.16. The Labute approximate surface area is 107 Å². The van der Waals surface area contributed by atoms with Gasteiger partial charge in [0.2, 0.25) is 0 Å². The van der Waals surface area contributed by atoms with E-state index in [9.17, 15) is 0 Å². The average Bonchev–Trinajstić information content (AvgIpc) is 3.23. The Morgan fingerprint density at radius 1 is 1.11 bits per heavy atom. The van der Waals surface area contributed by atoms with E-state index in [1.807, 2.05) is 30.3 Å². The van der Waals surface area contributed by atoms with Crippen LogP contribution in [0.15, 0.2) is 30.3 Å². The summed E-state index contributed by atoms with van der Waals surface area (Å²) in [5, 5.41) is 16.2. The maximum absolute atomic E-state index is 8.09. The minimum absolute atomic E-state index is 0.0278. The second-order valence-electron chi connectivity index (χ2n) is 3.64. The predicted octanol–water partition coefficient (Wildman–Crippen LogP) is 0.452. The Morgan fingerprint density at radius 3 is 2.22 bits per heavy atom. The van der Waals surface area contributed by atoms with Gasteiger partial charge in [-0.15, -0.1) is 0 Å².